The first-order valence-electron chi connectivity index (χ1n) is 2.81. The van der Waals surface area contributed by atoms with E-state index in [0.717, 1.165) is 0 Å². The highest BCUT2D eigenvalue weighted by Crippen LogP contribution is 1.82. The molecule has 0 aromatic carbocycles. The molecule has 1 heterocycles. The van der Waals surface area contributed by atoms with E-state index in [4.69, 9.17) is 0 Å². The zero-order valence-corrected chi connectivity index (χ0v) is 5.53. The molecule has 1 aliphatic rings. The van der Waals surface area contributed by atoms with Crippen molar-refractivity contribution < 1.29 is 4.79 Å². The van der Waals surface area contributed by atoms with Crippen LogP contribution in [-0.4, -0.2) is 17.2 Å². The van der Waals surface area contributed by atoms with E-state index in [-0.39, 0.29) is 5.91 Å². The van der Waals surface area contributed by atoms with Crippen LogP contribution in [0.25, 0.3) is 0 Å². The molecule has 2 N–H and O–H groups in total. The van der Waals surface area contributed by atoms with Crippen molar-refractivity contribution in [3.05, 3.63) is 12.3 Å². The van der Waals surface area contributed by atoms with Crippen LogP contribution in [0, 0.1) is 0 Å². The minimum absolute atomic E-state index is 0.144. The first kappa shape index (κ1) is 6.60. The fourth-order valence-corrected chi connectivity index (χ4v) is 0.528. The summed E-state index contributed by atoms with van der Waals surface area (Å²) in [6.45, 7) is 1.42. The average molecular weight is 140 g/mol. The Bertz CT molecular complexity index is 186. The Morgan fingerprint density at radius 1 is 1.80 bits per heavy atom. The molecule has 0 saturated carbocycles. The summed E-state index contributed by atoms with van der Waals surface area (Å²) in [6, 6.07) is 0. The molecule has 0 aliphatic carbocycles. The van der Waals surface area contributed by atoms with Gasteiger partial charge in [0.25, 0.3) is 0 Å². The molecular weight excluding hydrogens is 132 g/mol. The van der Waals surface area contributed by atoms with Gasteiger partial charge in [0.1, 0.15) is 0 Å². The maximum Gasteiger partial charge on any atom is 0.236 e. The van der Waals surface area contributed by atoms with Gasteiger partial charge < -0.3 is 0 Å². The zero-order valence-electron chi connectivity index (χ0n) is 5.53. The Balaban J connectivity index is 2.37. The van der Waals surface area contributed by atoms with Gasteiger partial charge in [-0.1, -0.05) is 0 Å². The van der Waals surface area contributed by atoms with Gasteiger partial charge >= 0.3 is 0 Å². The summed E-state index contributed by atoms with van der Waals surface area (Å²) in [7, 11) is 0. The molecule has 0 saturated heterocycles. The monoisotopic (exact) mass is 140 g/mol. The van der Waals surface area contributed by atoms with Crippen molar-refractivity contribution in [2.45, 2.75) is 6.92 Å². The van der Waals surface area contributed by atoms with Gasteiger partial charge in [-0.3, -0.25) is 4.79 Å². The quantitative estimate of drug-likeness (QED) is 0.509. The van der Waals surface area contributed by atoms with Gasteiger partial charge in [-0.05, 0) is 6.08 Å². The van der Waals surface area contributed by atoms with Crippen molar-refractivity contribution in [2.24, 2.45) is 5.10 Å². The van der Waals surface area contributed by atoms with Gasteiger partial charge in [0.05, 0.1) is 6.21 Å². The zero-order chi connectivity index (χ0) is 7.40. The highest BCUT2D eigenvalue weighted by atomic mass is 16.2. The van der Waals surface area contributed by atoms with Gasteiger partial charge in [0.15, 0.2) is 0 Å². The maximum absolute atomic E-state index is 10.4. The lowest BCUT2D eigenvalue weighted by molar-refractivity contribution is -0.123. The normalized spacial score (nSPS) is 14.7. The van der Waals surface area contributed by atoms with Gasteiger partial charge in [-0.25, -0.2) is 5.43 Å². The van der Waals surface area contributed by atoms with Crippen molar-refractivity contribution in [1.29, 1.82) is 0 Å². The SMILES string of the molecule is CC(=O)NN1C=CC=NN1. The van der Waals surface area contributed by atoms with Crippen LogP contribution in [0.4, 0.5) is 0 Å². The lowest BCUT2D eigenvalue weighted by atomic mass is 10.6. The number of hydrazine groups is 2. The van der Waals surface area contributed by atoms with Crippen LogP contribution in [0.2, 0.25) is 0 Å². The van der Waals surface area contributed by atoms with Crippen molar-refractivity contribution >= 4 is 12.1 Å². The van der Waals surface area contributed by atoms with Gasteiger partial charge in [0.2, 0.25) is 5.91 Å². The molecule has 54 valence electrons. The Morgan fingerprint density at radius 2 is 2.60 bits per heavy atom. The number of hydrogen-bond donors (Lipinski definition) is 2. The number of hydrogen-bond acceptors (Lipinski definition) is 4. The second-order valence-corrected chi connectivity index (χ2v) is 1.76. The number of allylic oxidation sites excluding steroid dienone is 1. The minimum atomic E-state index is -0.144. The summed E-state index contributed by atoms with van der Waals surface area (Å²) in [5, 5.41) is 5.02. The highest BCUT2D eigenvalue weighted by Gasteiger charge is 1.98. The Labute approximate surface area is 58.3 Å². The second-order valence-electron chi connectivity index (χ2n) is 1.76. The van der Waals surface area contributed by atoms with Crippen molar-refractivity contribution in [3.63, 3.8) is 0 Å². The molecule has 5 nitrogen and oxygen atoms in total. The predicted octanol–water partition coefficient (Wildman–Crippen LogP) is -0.643. The number of nitrogens with zero attached hydrogens (tertiary/aromatic N) is 2. The third-order valence-corrected chi connectivity index (χ3v) is 0.839. The van der Waals surface area contributed by atoms with Crippen LogP contribution in [0.3, 0.4) is 0 Å². The molecule has 5 heteroatoms. The molecule has 0 bridgehead atoms. The number of amides is 1. The molecular formula is C5H8N4O. The fraction of sp³-hybridized carbons (Fsp3) is 0.200. The maximum atomic E-state index is 10.4. The van der Waals surface area contributed by atoms with E-state index in [1.807, 2.05) is 0 Å². The third kappa shape index (κ3) is 1.77. The van der Waals surface area contributed by atoms with Crippen molar-refractivity contribution in [1.82, 2.24) is 16.1 Å². The summed E-state index contributed by atoms with van der Waals surface area (Å²) in [5.41, 5.74) is 5.00. The number of rotatable bonds is 1. The van der Waals surface area contributed by atoms with E-state index >= 15 is 0 Å². The molecule has 0 unspecified atom stereocenters. The average Bonchev–Trinajstić information content (AvgIpc) is 1.88. The third-order valence-electron chi connectivity index (χ3n) is 0.839. The molecule has 10 heavy (non-hydrogen) atoms. The van der Waals surface area contributed by atoms with Gasteiger partial charge in [-0.15, -0.1) is 0 Å². The van der Waals surface area contributed by atoms with E-state index in [9.17, 15) is 4.79 Å². The fourth-order valence-electron chi connectivity index (χ4n) is 0.528. The van der Waals surface area contributed by atoms with Crippen LogP contribution in [0.5, 0.6) is 0 Å². The number of nitrogens with one attached hydrogen (secondary N) is 2. The van der Waals surface area contributed by atoms with E-state index in [2.05, 4.69) is 16.1 Å². The standard InChI is InChI=1S/C5H8N4O/c1-5(10)7-9-4-2-3-6-8-9/h2-4,8H,1H3,(H,7,10). The highest BCUT2D eigenvalue weighted by molar-refractivity contribution is 5.73. The van der Waals surface area contributed by atoms with Gasteiger partial charge in [-0.2, -0.15) is 15.8 Å². The largest absolute Gasteiger partial charge is 0.274 e. The minimum Gasteiger partial charge on any atom is -0.274 e. The van der Waals surface area contributed by atoms with Gasteiger partial charge in [0, 0.05) is 13.1 Å². The van der Waals surface area contributed by atoms with E-state index in [0.29, 0.717) is 0 Å². The summed E-state index contributed by atoms with van der Waals surface area (Å²) >= 11 is 0. The molecule has 1 rings (SSSR count). The predicted molar refractivity (Wildman–Crippen MR) is 36.4 cm³/mol. The van der Waals surface area contributed by atoms with Crippen LogP contribution in [0.1, 0.15) is 6.92 Å². The molecule has 0 spiro atoms. The topological polar surface area (TPSA) is 56.7 Å². The molecule has 1 amide bonds. The van der Waals surface area contributed by atoms with Crippen molar-refractivity contribution in [3.8, 4) is 0 Å². The molecule has 0 aromatic rings. The van der Waals surface area contributed by atoms with Crippen LogP contribution in [0.15, 0.2) is 17.4 Å². The number of carbonyl (C=O) groups excluding carboxylic acids is 1. The lowest BCUT2D eigenvalue weighted by Gasteiger charge is -2.19. The summed E-state index contributed by atoms with van der Waals surface area (Å²) in [4.78, 5) is 10.4. The summed E-state index contributed by atoms with van der Waals surface area (Å²) in [6.07, 6.45) is 4.93. The molecule has 1 aliphatic heterocycles. The Hall–Kier alpha value is -1.52. The van der Waals surface area contributed by atoms with Crippen LogP contribution < -0.4 is 11.0 Å². The van der Waals surface area contributed by atoms with E-state index in [1.165, 1.54) is 12.0 Å². The second kappa shape index (κ2) is 2.86. The molecule has 0 fully saturated rings. The van der Waals surface area contributed by atoms with E-state index < -0.39 is 0 Å². The lowest BCUT2D eigenvalue weighted by Crippen LogP contribution is -2.45. The first-order chi connectivity index (χ1) is 4.79. The molecule has 0 radical (unpaired) electrons. The number of hydrazone groups is 1. The van der Waals surface area contributed by atoms with Crippen LogP contribution >= 0.6 is 0 Å². The summed E-state index contributed by atoms with van der Waals surface area (Å²) in [5.74, 6) is -0.144. The Kier molecular flexibility index (Phi) is 1.89. The smallest absolute Gasteiger partial charge is 0.236 e. The molecule has 0 atom stereocenters. The van der Waals surface area contributed by atoms with Crippen molar-refractivity contribution in [2.75, 3.05) is 0 Å². The summed E-state index contributed by atoms with van der Waals surface area (Å²) < 4.78 is 0. The molecule has 0 aromatic heterocycles. The van der Waals surface area contributed by atoms with E-state index in [1.54, 1.807) is 18.5 Å². The first-order valence-corrected chi connectivity index (χ1v) is 2.81. The van der Waals surface area contributed by atoms with Crippen LogP contribution in [-0.2, 0) is 4.79 Å². The Morgan fingerprint density at radius 3 is 3.10 bits per heavy atom. The number of carbonyl (C=O) groups is 1.